The second-order valence-electron chi connectivity index (χ2n) is 3.78. The quantitative estimate of drug-likeness (QED) is 0.775. The van der Waals surface area contributed by atoms with Crippen LogP contribution in [0.4, 0.5) is 4.39 Å². The van der Waals surface area contributed by atoms with Gasteiger partial charge in [0, 0.05) is 6.54 Å². The molecule has 0 saturated carbocycles. The van der Waals surface area contributed by atoms with Crippen molar-refractivity contribution < 1.29 is 9.50 Å². The van der Waals surface area contributed by atoms with Gasteiger partial charge in [0.25, 0.3) is 0 Å². The molecule has 1 atom stereocenters. The predicted octanol–water partition coefficient (Wildman–Crippen LogP) is 2.01. The first kappa shape index (κ1) is 11.0. The van der Waals surface area contributed by atoms with E-state index in [1.807, 2.05) is 0 Å². The van der Waals surface area contributed by atoms with E-state index in [0.717, 1.165) is 5.56 Å². The lowest BCUT2D eigenvalue weighted by Gasteiger charge is -2.17. The summed E-state index contributed by atoms with van der Waals surface area (Å²) in [6.45, 7) is 1.55. The Bertz CT molecular complexity index is 282. The average molecular weight is 197 g/mol. The number of benzene rings is 1. The third-order valence-electron chi connectivity index (χ3n) is 2.30. The third-order valence-corrected chi connectivity index (χ3v) is 2.30. The molecule has 1 aromatic rings. The smallest absolute Gasteiger partial charge is 0.120 e. The number of phenolic OH excluding ortho intramolecular Hbond substituents is 1. The Labute approximate surface area is 83.6 Å². The summed E-state index contributed by atoms with van der Waals surface area (Å²) in [6.07, 6.45) is 1.05. The molecule has 2 nitrogen and oxygen atoms in total. The van der Waals surface area contributed by atoms with Crippen LogP contribution in [0, 0.1) is 0 Å². The van der Waals surface area contributed by atoms with E-state index in [0.29, 0.717) is 12.8 Å². The summed E-state index contributed by atoms with van der Waals surface area (Å²) in [6, 6.07) is 6.80. The Morgan fingerprint density at radius 3 is 2.43 bits per heavy atom. The minimum Gasteiger partial charge on any atom is -0.508 e. The zero-order valence-electron chi connectivity index (χ0n) is 8.33. The van der Waals surface area contributed by atoms with Gasteiger partial charge < -0.3 is 10.8 Å². The van der Waals surface area contributed by atoms with E-state index in [2.05, 4.69) is 0 Å². The number of hydrogen-bond donors (Lipinski definition) is 2. The number of alkyl halides is 1. The molecule has 0 bridgehead atoms. The number of rotatable bonds is 4. The number of nitrogens with two attached hydrogens (primary N) is 1. The van der Waals surface area contributed by atoms with Gasteiger partial charge in [0.2, 0.25) is 0 Å². The summed E-state index contributed by atoms with van der Waals surface area (Å²) in [7, 11) is 0. The van der Waals surface area contributed by atoms with Gasteiger partial charge in [-0.15, -0.1) is 0 Å². The monoisotopic (exact) mass is 197 g/mol. The van der Waals surface area contributed by atoms with Crippen LogP contribution in [0.2, 0.25) is 0 Å². The van der Waals surface area contributed by atoms with Crippen molar-refractivity contribution in [2.24, 2.45) is 5.73 Å². The highest BCUT2D eigenvalue weighted by Crippen LogP contribution is 2.18. The molecule has 78 valence electrons. The van der Waals surface area contributed by atoms with Gasteiger partial charge in [-0.05, 0) is 37.5 Å². The largest absolute Gasteiger partial charge is 0.508 e. The van der Waals surface area contributed by atoms with Gasteiger partial charge in [0.15, 0.2) is 0 Å². The Hall–Kier alpha value is -1.09. The Morgan fingerprint density at radius 2 is 1.93 bits per heavy atom. The van der Waals surface area contributed by atoms with Crippen LogP contribution in [0.1, 0.15) is 18.9 Å². The van der Waals surface area contributed by atoms with E-state index in [1.54, 1.807) is 24.3 Å². The number of aryl methyl sites for hydroxylation is 1. The van der Waals surface area contributed by atoms with Crippen LogP contribution in [0.15, 0.2) is 24.3 Å². The molecule has 1 rings (SSSR count). The molecule has 14 heavy (non-hydrogen) atoms. The van der Waals surface area contributed by atoms with E-state index < -0.39 is 5.67 Å². The first-order chi connectivity index (χ1) is 6.53. The van der Waals surface area contributed by atoms with Gasteiger partial charge in [0.1, 0.15) is 11.4 Å². The van der Waals surface area contributed by atoms with Crippen LogP contribution in [0.5, 0.6) is 5.75 Å². The molecule has 0 amide bonds. The van der Waals surface area contributed by atoms with Crippen molar-refractivity contribution in [1.29, 1.82) is 0 Å². The normalized spacial score (nSPS) is 15.1. The molecule has 0 aliphatic rings. The molecule has 0 saturated heterocycles. The van der Waals surface area contributed by atoms with Crippen LogP contribution < -0.4 is 5.73 Å². The van der Waals surface area contributed by atoms with Crippen LogP contribution in [-0.4, -0.2) is 17.3 Å². The molecule has 0 heterocycles. The van der Waals surface area contributed by atoms with Gasteiger partial charge in [0.05, 0.1) is 0 Å². The Balaban J connectivity index is 2.50. The fourth-order valence-corrected chi connectivity index (χ4v) is 1.17. The van der Waals surface area contributed by atoms with Crippen LogP contribution in [0.25, 0.3) is 0 Å². The summed E-state index contributed by atoms with van der Waals surface area (Å²) in [4.78, 5) is 0. The number of halogens is 1. The Morgan fingerprint density at radius 1 is 1.36 bits per heavy atom. The lowest BCUT2D eigenvalue weighted by Crippen LogP contribution is -2.29. The van der Waals surface area contributed by atoms with E-state index in [4.69, 9.17) is 10.8 Å². The topological polar surface area (TPSA) is 46.2 Å². The van der Waals surface area contributed by atoms with Crippen molar-refractivity contribution >= 4 is 0 Å². The van der Waals surface area contributed by atoms with Crippen molar-refractivity contribution in [2.45, 2.75) is 25.4 Å². The molecule has 0 aliphatic heterocycles. The molecule has 0 fully saturated rings. The van der Waals surface area contributed by atoms with Crippen molar-refractivity contribution in [1.82, 2.24) is 0 Å². The van der Waals surface area contributed by atoms with E-state index in [9.17, 15) is 4.39 Å². The number of aromatic hydroxyl groups is 1. The highest BCUT2D eigenvalue weighted by Gasteiger charge is 2.20. The molecular weight excluding hydrogens is 181 g/mol. The van der Waals surface area contributed by atoms with Gasteiger partial charge in [-0.2, -0.15) is 0 Å². The van der Waals surface area contributed by atoms with Gasteiger partial charge in [-0.3, -0.25) is 0 Å². The summed E-state index contributed by atoms with van der Waals surface area (Å²) in [5, 5.41) is 9.04. The molecule has 0 aliphatic carbocycles. The Kier molecular flexibility index (Phi) is 3.47. The first-order valence-electron chi connectivity index (χ1n) is 4.70. The molecule has 0 radical (unpaired) electrons. The molecule has 1 aromatic carbocycles. The molecule has 3 N–H and O–H groups in total. The first-order valence-corrected chi connectivity index (χ1v) is 4.70. The van der Waals surface area contributed by atoms with E-state index in [-0.39, 0.29) is 12.3 Å². The molecule has 3 heteroatoms. The fourth-order valence-electron chi connectivity index (χ4n) is 1.17. The third kappa shape index (κ3) is 3.34. The summed E-state index contributed by atoms with van der Waals surface area (Å²) in [5.41, 5.74) is 5.00. The summed E-state index contributed by atoms with van der Waals surface area (Å²) >= 11 is 0. The van der Waals surface area contributed by atoms with Gasteiger partial charge >= 0.3 is 0 Å². The molecule has 0 spiro atoms. The van der Waals surface area contributed by atoms with Crippen molar-refractivity contribution in [3.63, 3.8) is 0 Å². The van der Waals surface area contributed by atoms with Crippen molar-refractivity contribution in [3.05, 3.63) is 29.8 Å². The second-order valence-corrected chi connectivity index (χ2v) is 3.78. The number of hydrogen-bond acceptors (Lipinski definition) is 2. The van der Waals surface area contributed by atoms with Crippen LogP contribution in [-0.2, 0) is 6.42 Å². The second kappa shape index (κ2) is 4.42. The minimum atomic E-state index is -1.29. The fraction of sp³-hybridized carbons (Fsp3) is 0.455. The maximum Gasteiger partial charge on any atom is 0.120 e. The lowest BCUT2D eigenvalue weighted by atomic mass is 9.99. The number of phenols is 1. The summed E-state index contributed by atoms with van der Waals surface area (Å²) < 4.78 is 13.4. The average Bonchev–Trinajstić information content (AvgIpc) is 2.17. The maximum absolute atomic E-state index is 13.4. The van der Waals surface area contributed by atoms with E-state index in [1.165, 1.54) is 6.92 Å². The highest BCUT2D eigenvalue weighted by atomic mass is 19.1. The standard InChI is InChI=1S/C11H16FNO/c1-11(12,8-13)7-6-9-2-4-10(14)5-3-9/h2-5,14H,6-8,13H2,1H3. The van der Waals surface area contributed by atoms with Crippen LogP contribution in [0.3, 0.4) is 0 Å². The lowest BCUT2D eigenvalue weighted by molar-refractivity contribution is 0.186. The highest BCUT2D eigenvalue weighted by molar-refractivity contribution is 5.26. The SMILES string of the molecule is CC(F)(CN)CCc1ccc(O)cc1. The zero-order valence-corrected chi connectivity index (χ0v) is 8.33. The zero-order chi connectivity index (χ0) is 10.6. The van der Waals surface area contributed by atoms with Crippen LogP contribution >= 0.6 is 0 Å². The van der Waals surface area contributed by atoms with Crippen molar-refractivity contribution in [2.75, 3.05) is 6.54 Å². The maximum atomic E-state index is 13.4. The summed E-state index contributed by atoms with van der Waals surface area (Å²) in [5.74, 6) is 0.232. The molecule has 0 aromatic heterocycles. The van der Waals surface area contributed by atoms with Crippen molar-refractivity contribution in [3.8, 4) is 5.75 Å². The van der Waals surface area contributed by atoms with E-state index >= 15 is 0 Å². The predicted molar refractivity (Wildman–Crippen MR) is 55.0 cm³/mol. The molecular formula is C11H16FNO. The van der Waals surface area contributed by atoms with Gasteiger partial charge in [-0.25, -0.2) is 4.39 Å². The minimum absolute atomic E-state index is 0.0467. The van der Waals surface area contributed by atoms with Gasteiger partial charge in [-0.1, -0.05) is 12.1 Å². The molecule has 1 unspecified atom stereocenters.